The molecule has 0 radical (unpaired) electrons. The Labute approximate surface area is 197 Å². The van der Waals surface area contributed by atoms with Gasteiger partial charge in [-0.2, -0.15) is 0 Å². The standard InChI is InChI=1S/C24H26N2O7S/c1-15-10-16(2)26(14-22(27)25-17-11-19(32-4)13-20(12-17)33-5)24(28)23(15)34(29,30)21-8-6-18(31-3)7-9-21/h6-13H,14H2,1-5H3,(H,25,27). The number of hydrogen-bond donors (Lipinski definition) is 1. The first-order chi connectivity index (χ1) is 16.1. The van der Waals surface area contributed by atoms with Crippen LogP contribution in [0.3, 0.4) is 0 Å². The van der Waals surface area contributed by atoms with E-state index in [1.165, 1.54) is 45.6 Å². The molecule has 180 valence electrons. The van der Waals surface area contributed by atoms with Crippen molar-refractivity contribution in [2.75, 3.05) is 26.6 Å². The number of pyridine rings is 1. The van der Waals surface area contributed by atoms with E-state index >= 15 is 0 Å². The smallest absolute Gasteiger partial charge is 0.270 e. The number of nitrogens with one attached hydrogen (secondary N) is 1. The van der Waals surface area contributed by atoms with Gasteiger partial charge in [-0.05, 0) is 49.7 Å². The van der Waals surface area contributed by atoms with Crippen molar-refractivity contribution in [2.45, 2.75) is 30.2 Å². The molecule has 0 bridgehead atoms. The summed E-state index contributed by atoms with van der Waals surface area (Å²) in [5.74, 6) is 0.928. The van der Waals surface area contributed by atoms with E-state index in [9.17, 15) is 18.0 Å². The van der Waals surface area contributed by atoms with Crippen LogP contribution in [0, 0.1) is 13.8 Å². The lowest BCUT2D eigenvalue weighted by Crippen LogP contribution is -2.33. The maximum absolute atomic E-state index is 13.3. The van der Waals surface area contributed by atoms with Crippen molar-refractivity contribution < 1.29 is 27.4 Å². The van der Waals surface area contributed by atoms with Gasteiger partial charge in [-0.25, -0.2) is 8.42 Å². The fourth-order valence-electron chi connectivity index (χ4n) is 3.53. The molecule has 0 spiro atoms. The van der Waals surface area contributed by atoms with Gasteiger partial charge >= 0.3 is 0 Å². The number of aromatic nitrogens is 1. The molecule has 1 heterocycles. The van der Waals surface area contributed by atoms with Gasteiger partial charge < -0.3 is 24.1 Å². The topological polar surface area (TPSA) is 113 Å². The zero-order valence-electron chi connectivity index (χ0n) is 19.5. The monoisotopic (exact) mass is 486 g/mol. The quantitative estimate of drug-likeness (QED) is 0.521. The molecule has 10 heteroatoms. The van der Waals surface area contributed by atoms with E-state index in [4.69, 9.17) is 14.2 Å². The highest BCUT2D eigenvalue weighted by Crippen LogP contribution is 2.26. The van der Waals surface area contributed by atoms with E-state index in [-0.39, 0.29) is 16.3 Å². The normalized spacial score (nSPS) is 11.1. The molecule has 0 fully saturated rings. The summed E-state index contributed by atoms with van der Waals surface area (Å²) in [4.78, 5) is 25.6. The summed E-state index contributed by atoms with van der Waals surface area (Å²) in [5.41, 5.74) is 0.388. The Morgan fingerprint density at radius 3 is 1.97 bits per heavy atom. The first kappa shape index (κ1) is 24.8. The van der Waals surface area contributed by atoms with Crippen LogP contribution in [0.1, 0.15) is 11.3 Å². The fraction of sp³-hybridized carbons (Fsp3) is 0.250. The second-order valence-electron chi connectivity index (χ2n) is 7.52. The van der Waals surface area contributed by atoms with Crippen molar-refractivity contribution >= 4 is 21.4 Å². The van der Waals surface area contributed by atoms with Crippen molar-refractivity contribution in [3.63, 3.8) is 0 Å². The molecule has 0 unspecified atom stereocenters. The minimum atomic E-state index is -4.13. The van der Waals surface area contributed by atoms with E-state index in [0.717, 1.165) is 4.57 Å². The summed E-state index contributed by atoms with van der Waals surface area (Å²) in [7, 11) is 0.313. The Kier molecular flexibility index (Phi) is 7.31. The molecular weight excluding hydrogens is 460 g/mol. The molecule has 2 aromatic carbocycles. The summed E-state index contributed by atoms with van der Waals surface area (Å²) in [5, 5.41) is 2.69. The lowest BCUT2D eigenvalue weighted by Gasteiger charge is -2.15. The van der Waals surface area contributed by atoms with Crippen LogP contribution in [-0.2, 0) is 21.2 Å². The van der Waals surface area contributed by atoms with Gasteiger partial charge in [-0.15, -0.1) is 0 Å². The fourth-order valence-corrected chi connectivity index (χ4v) is 5.08. The highest BCUT2D eigenvalue weighted by molar-refractivity contribution is 7.91. The molecule has 1 aromatic heterocycles. The van der Waals surface area contributed by atoms with Gasteiger partial charge in [-0.1, -0.05) is 0 Å². The molecule has 1 amide bonds. The zero-order chi connectivity index (χ0) is 25.0. The molecule has 0 aliphatic heterocycles. The molecule has 0 aliphatic carbocycles. The van der Waals surface area contributed by atoms with Gasteiger partial charge in [-0.3, -0.25) is 9.59 Å². The Bertz CT molecular complexity index is 1360. The average Bonchev–Trinajstić information content (AvgIpc) is 2.81. The number of aryl methyl sites for hydroxylation is 2. The maximum atomic E-state index is 13.3. The first-order valence-corrected chi connectivity index (χ1v) is 11.7. The van der Waals surface area contributed by atoms with Crippen LogP contribution in [-0.4, -0.2) is 40.2 Å². The Morgan fingerprint density at radius 2 is 1.44 bits per heavy atom. The maximum Gasteiger partial charge on any atom is 0.270 e. The van der Waals surface area contributed by atoms with Gasteiger partial charge in [0.25, 0.3) is 5.56 Å². The lowest BCUT2D eigenvalue weighted by atomic mass is 10.2. The minimum Gasteiger partial charge on any atom is -0.497 e. The average molecular weight is 487 g/mol. The van der Waals surface area contributed by atoms with E-state index < -0.39 is 21.3 Å². The highest BCUT2D eigenvalue weighted by atomic mass is 32.2. The number of methoxy groups -OCH3 is 3. The van der Waals surface area contributed by atoms with E-state index in [2.05, 4.69) is 5.32 Å². The predicted molar refractivity (Wildman–Crippen MR) is 127 cm³/mol. The predicted octanol–water partition coefficient (Wildman–Crippen LogP) is 2.96. The van der Waals surface area contributed by atoms with Gasteiger partial charge in [0, 0.05) is 29.6 Å². The molecule has 1 N–H and O–H groups in total. The number of rotatable bonds is 8. The Hall–Kier alpha value is -3.79. The lowest BCUT2D eigenvalue weighted by molar-refractivity contribution is -0.116. The summed E-state index contributed by atoms with van der Waals surface area (Å²) in [6, 6.07) is 12.2. The number of hydrogen-bond acceptors (Lipinski definition) is 7. The SMILES string of the molecule is COc1ccc(S(=O)(=O)c2c(C)cc(C)n(CC(=O)Nc3cc(OC)cc(OC)c3)c2=O)cc1. The molecule has 0 saturated carbocycles. The van der Waals surface area contributed by atoms with Crippen molar-refractivity contribution in [1.29, 1.82) is 0 Å². The van der Waals surface area contributed by atoms with Gasteiger partial charge in [0.2, 0.25) is 15.7 Å². The highest BCUT2D eigenvalue weighted by Gasteiger charge is 2.26. The molecule has 3 aromatic rings. The van der Waals surface area contributed by atoms with Crippen molar-refractivity contribution in [1.82, 2.24) is 4.57 Å². The molecule has 34 heavy (non-hydrogen) atoms. The van der Waals surface area contributed by atoms with Crippen LogP contribution in [0.4, 0.5) is 5.69 Å². The van der Waals surface area contributed by atoms with Crippen LogP contribution >= 0.6 is 0 Å². The van der Waals surface area contributed by atoms with E-state index in [1.807, 2.05) is 0 Å². The van der Waals surface area contributed by atoms with Crippen molar-refractivity contribution in [2.24, 2.45) is 0 Å². The largest absolute Gasteiger partial charge is 0.497 e. The Morgan fingerprint density at radius 1 is 0.882 bits per heavy atom. The van der Waals surface area contributed by atoms with Crippen LogP contribution in [0.2, 0.25) is 0 Å². The van der Waals surface area contributed by atoms with Crippen LogP contribution in [0.25, 0.3) is 0 Å². The van der Waals surface area contributed by atoms with E-state index in [0.29, 0.717) is 34.2 Å². The number of carbonyl (C=O) groups is 1. The number of benzene rings is 2. The van der Waals surface area contributed by atoms with Crippen LogP contribution in [0.15, 0.2) is 63.1 Å². The van der Waals surface area contributed by atoms with Gasteiger partial charge in [0.05, 0.1) is 26.2 Å². The summed E-state index contributed by atoms with van der Waals surface area (Å²) < 4.78 is 43.1. The molecule has 0 atom stereocenters. The number of anilines is 1. The molecule has 9 nitrogen and oxygen atoms in total. The molecular formula is C24H26N2O7S. The van der Waals surface area contributed by atoms with Crippen LogP contribution < -0.4 is 25.1 Å². The van der Waals surface area contributed by atoms with Gasteiger partial charge in [0.15, 0.2) is 0 Å². The number of ether oxygens (including phenoxy) is 3. The summed E-state index contributed by atoms with van der Waals surface area (Å²) in [6.07, 6.45) is 0. The Balaban J connectivity index is 1.97. The van der Waals surface area contributed by atoms with Crippen LogP contribution in [0.5, 0.6) is 17.2 Å². The number of carbonyl (C=O) groups excluding carboxylic acids is 1. The zero-order valence-corrected chi connectivity index (χ0v) is 20.4. The summed E-state index contributed by atoms with van der Waals surface area (Å²) in [6.45, 7) is 2.81. The first-order valence-electron chi connectivity index (χ1n) is 10.2. The third-order valence-corrected chi connectivity index (χ3v) is 7.15. The molecule has 3 rings (SSSR count). The van der Waals surface area contributed by atoms with E-state index in [1.54, 1.807) is 38.1 Å². The van der Waals surface area contributed by atoms with Crippen molar-refractivity contribution in [3.8, 4) is 17.2 Å². The third-order valence-electron chi connectivity index (χ3n) is 5.22. The molecule has 0 saturated heterocycles. The molecule has 0 aliphatic rings. The van der Waals surface area contributed by atoms with Gasteiger partial charge in [0.1, 0.15) is 28.7 Å². The number of sulfone groups is 1. The summed E-state index contributed by atoms with van der Waals surface area (Å²) >= 11 is 0. The second kappa shape index (κ2) is 10.0. The third kappa shape index (κ3) is 5.07. The second-order valence-corrected chi connectivity index (χ2v) is 9.40. The number of amides is 1. The number of nitrogens with zero attached hydrogens (tertiary/aromatic N) is 1. The minimum absolute atomic E-state index is 0.0446. The van der Waals surface area contributed by atoms with Crippen molar-refractivity contribution in [3.05, 3.63) is 70.1 Å².